The predicted octanol–water partition coefficient (Wildman–Crippen LogP) is 4.79. The summed E-state index contributed by atoms with van der Waals surface area (Å²) in [5.74, 6) is -1.20. The van der Waals surface area contributed by atoms with Gasteiger partial charge in [0.15, 0.2) is 5.82 Å². The van der Waals surface area contributed by atoms with Gasteiger partial charge in [0.25, 0.3) is 5.88 Å². The van der Waals surface area contributed by atoms with Gasteiger partial charge in [0.1, 0.15) is 18.0 Å². The number of halogens is 2. The Morgan fingerprint density at radius 2 is 1.83 bits per heavy atom. The Kier molecular flexibility index (Phi) is 7.08. The maximum atomic E-state index is 13.8. The fraction of sp³-hybridized carbons (Fsp3) is 0.182. The van der Waals surface area contributed by atoms with Crippen LogP contribution in [0.15, 0.2) is 55.0 Å². The molecule has 0 N–H and O–H groups in total. The molecule has 0 radical (unpaired) electrons. The standard InChI is InChI=1S/C22H18ClFN2O4/c1-2-29-21(28)10-18(27)8-14-7-16(12-25-11-14)15-3-5-19(6-4-15)30-22-20(24)9-17(23)13-26-22/h3-7,9,11-13H,2,8,10H2,1H3. The SMILES string of the molecule is CCOC(=O)CC(=O)Cc1cncc(-c2ccc(Oc3ncc(Cl)cc3F)cc2)c1. The molecule has 0 saturated heterocycles. The molecule has 0 atom stereocenters. The minimum Gasteiger partial charge on any atom is -0.466 e. The molecule has 1 aromatic carbocycles. The second-order valence-electron chi connectivity index (χ2n) is 6.35. The van der Waals surface area contributed by atoms with Gasteiger partial charge in [-0.3, -0.25) is 14.6 Å². The van der Waals surface area contributed by atoms with Gasteiger partial charge in [-0.25, -0.2) is 9.37 Å². The number of hydrogen-bond acceptors (Lipinski definition) is 6. The molecular formula is C22H18ClFN2O4. The largest absolute Gasteiger partial charge is 0.466 e. The maximum absolute atomic E-state index is 13.8. The first-order valence-electron chi connectivity index (χ1n) is 9.15. The van der Waals surface area contributed by atoms with Crippen LogP contribution in [0.5, 0.6) is 11.6 Å². The molecule has 0 amide bonds. The Hall–Kier alpha value is -3.32. The van der Waals surface area contributed by atoms with Crippen molar-refractivity contribution in [2.24, 2.45) is 0 Å². The third-order valence-electron chi connectivity index (χ3n) is 4.02. The second-order valence-corrected chi connectivity index (χ2v) is 6.78. The van der Waals surface area contributed by atoms with E-state index < -0.39 is 11.8 Å². The summed E-state index contributed by atoms with van der Waals surface area (Å²) >= 11 is 5.68. The van der Waals surface area contributed by atoms with E-state index in [9.17, 15) is 14.0 Å². The Balaban J connectivity index is 1.68. The van der Waals surface area contributed by atoms with E-state index in [4.69, 9.17) is 21.1 Å². The van der Waals surface area contributed by atoms with E-state index in [1.165, 1.54) is 6.20 Å². The smallest absolute Gasteiger partial charge is 0.313 e. The molecule has 6 nitrogen and oxygen atoms in total. The molecule has 2 aromatic heterocycles. The highest BCUT2D eigenvalue weighted by Crippen LogP contribution is 2.27. The summed E-state index contributed by atoms with van der Waals surface area (Å²) in [4.78, 5) is 31.4. The van der Waals surface area contributed by atoms with E-state index in [1.54, 1.807) is 43.6 Å². The zero-order valence-electron chi connectivity index (χ0n) is 16.1. The average Bonchev–Trinajstić information content (AvgIpc) is 2.71. The van der Waals surface area contributed by atoms with Gasteiger partial charge in [-0.2, -0.15) is 0 Å². The Morgan fingerprint density at radius 3 is 2.53 bits per heavy atom. The molecule has 3 rings (SSSR count). The molecule has 0 aliphatic carbocycles. The molecule has 2 heterocycles. The monoisotopic (exact) mass is 428 g/mol. The number of carbonyl (C=O) groups is 2. The number of esters is 1. The molecule has 0 spiro atoms. The fourth-order valence-electron chi connectivity index (χ4n) is 2.71. The average molecular weight is 429 g/mol. The van der Waals surface area contributed by atoms with Crippen molar-refractivity contribution in [3.05, 3.63) is 71.4 Å². The van der Waals surface area contributed by atoms with E-state index in [-0.39, 0.29) is 36.1 Å². The van der Waals surface area contributed by atoms with Crippen LogP contribution in [0.2, 0.25) is 5.02 Å². The zero-order valence-corrected chi connectivity index (χ0v) is 16.9. The summed E-state index contributed by atoms with van der Waals surface area (Å²) in [6.45, 7) is 1.93. The summed E-state index contributed by atoms with van der Waals surface area (Å²) in [7, 11) is 0. The zero-order chi connectivity index (χ0) is 21.5. The van der Waals surface area contributed by atoms with Crippen LogP contribution in [0.4, 0.5) is 4.39 Å². The van der Waals surface area contributed by atoms with Crippen molar-refractivity contribution in [1.82, 2.24) is 9.97 Å². The van der Waals surface area contributed by atoms with Crippen molar-refractivity contribution in [3.8, 4) is 22.8 Å². The van der Waals surface area contributed by atoms with E-state index >= 15 is 0 Å². The number of ether oxygens (including phenoxy) is 2. The summed E-state index contributed by atoms with van der Waals surface area (Å²) in [5, 5.41) is 0.184. The van der Waals surface area contributed by atoms with Gasteiger partial charge in [-0.1, -0.05) is 23.7 Å². The van der Waals surface area contributed by atoms with Crippen LogP contribution >= 0.6 is 11.6 Å². The van der Waals surface area contributed by atoms with Crippen LogP contribution in [0.3, 0.4) is 0 Å². The molecule has 0 fully saturated rings. The van der Waals surface area contributed by atoms with Crippen LogP contribution in [0, 0.1) is 5.82 Å². The first-order chi connectivity index (χ1) is 14.4. The van der Waals surface area contributed by atoms with Crippen molar-refractivity contribution >= 4 is 23.4 Å². The lowest BCUT2D eigenvalue weighted by Gasteiger charge is -2.08. The van der Waals surface area contributed by atoms with Crippen molar-refractivity contribution in [2.45, 2.75) is 19.8 Å². The van der Waals surface area contributed by atoms with E-state index in [0.717, 1.165) is 17.2 Å². The third-order valence-corrected chi connectivity index (χ3v) is 4.23. The second kappa shape index (κ2) is 9.93. The number of hydrogen-bond donors (Lipinski definition) is 0. The highest BCUT2D eigenvalue weighted by atomic mass is 35.5. The number of aromatic nitrogens is 2. The minimum absolute atomic E-state index is 0.0857. The first kappa shape index (κ1) is 21.4. The highest BCUT2D eigenvalue weighted by Gasteiger charge is 2.12. The van der Waals surface area contributed by atoms with Crippen molar-refractivity contribution < 1.29 is 23.5 Å². The van der Waals surface area contributed by atoms with Gasteiger partial charge < -0.3 is 9.47 Å². The van der Waals surface area contributed by atoms with E-state index in [1.807, 2.05) is 6.07 Å². The molecule has 30 heavy (non-hydrogen) atoms. The normalized spacial score (nSPS) is 10.5. The summed E-state index contributed by atoms with van der Waals surface area (Å²) < 4.78 is 24.0. The number of nitrogens with zero attached hydrogens (tertiary/aromatic N) is 2. The summed E-state index contributed by atoms with van der Waals surface area (Å²) in [6, 6.07) is 9.85. The van der Waals surface area contributed by atoms with Gasteiger partial charge >= 0.3 is 5.97 Å². The number of pyridine rings is 2. The Labute approximate surface area is 177 Å². The molecule has 8 heteroatoms. The maximum Gasteiger partial charge on any atom is 0.313 e. The molecule has 154 valence electrons. The summed E-state index contributed by atoms with van der Waals surface area (Å²) in [5.41, 5.74) is 2.31. The molecule has 3 aromatic rings. The Bertz CT molecular complexity index is 1060. The lowest BCUT2D eigenvalue weighted by Crippen LogP contribution is -2.13. The molecule has 0 bridgehead atoms. The molecule has 0 saturated carbocycles. The van der Waals surface area contributed by atoms with Crippen LogP contribution in [0.25, 0.3) is 11.1 Å². The number of ketones is 1. The minimum atomic E-state index is -0.657. The van der Waals surface area contributed by atoms with Crippen LogP contribution < -0.4 is 4.74 Å². The molecule has 0 unspecified atom stereocenters. The van der Waals surface area contributed by atoms with Crippen LogP contribution in [-0.2, 0) is 20.7 Å². The fourth-order valence-corrected chi connectivity index (χ4v) is 2.85. The van der Waals surface area contributed by atoms with Crippen molar-refractivity contribution in [3.63, 3.8) is 0 Å². The molecule has 0 aliphatic rings. The van der Waals surface area contributed by atoms with E-state index in [2.05, 4.69) is 9.97 Å². The first-order valence-corrected chi connectivity index (χ1v) is 9.53. The number of carbonyl (C=O) groups excluding carboxylic acids is 2. The number of rotatable bonds is 8. The topological polar surface area (TPSA) is 78.4 Å². The quantitative estimate of drug-likeness (QED) is 0.379. The van der Waals surface area contributed by atoms with Crippen LogP contribution in [0.1, 0.15) is 18.9 Å². The summed E-state index contributed by atoms with van der Waals surface area (Å²) in [6.07, 6.45) is 4.37. The van der Waals surface area contributed by atoms with Gasteiger partial charge in [0, 0.05) is 30.6 Å². The third kappa shape index (κ3) is 5.84. The van der Waals surface area contributed by atoms with Gasteiger partial charge in [-0.15, -0.1) is 0 Å². The lowest BCUT2D eigenvalue weighted by molar-refractivity contribution is -0.145. The van der Waals surface area contributed by atoms with Crippen molar-refractivity contribution in [1.29, 1.82) is 0 Å². The predicted molar refractivity (Wildman–Crippen MR) is 109 cm³/mol. The lowest BCUT2D eigenvalue weighted by atomic mass is 10.0. The molecular weight excluding hydrogens is 411 g/mol. The van der Waals surface area contributed by atoms with Gasteiger partial charge in [-0.05, 0) is 42.3 Å². The molecule has 0 aliphatic heterocycles. The number of Topliss-reactive ketones (excluding diaryl/α,β-unsaturated/α-hetero) is 1. The Morgan fingerprint density at radius 1 is 1.07 bits per heavy atom. The number of benzene rings is 1. The highest BCUT2D eigenvalue weighted by molar-refractivity contribution is 6.30. The van der Waals surface area contributed by atoms with Gasteiger partial charge in [0.2, 0.25) is 0 Å². The van der Waals surface area contributed by atoms with Gasteiger partial charge in [0.05, 0.1) is 11.6 Å². The van der Waals surface area contributed by atoms with Crippen LogP contribution in [-0.4, -0.2) is 28.3 Å². The van der Waals surface area contributed by atoms with Crippen molar-refractivity contribution in [2.75, 3.05) is 6.61 Å². The van der Waals surface area contributed by atoms with E-state index in [0.29, 0.717) is 11.3 Å².